The van der Waals surface area contributed by atoms with Gasteiger partial charge in [0.1, 0.15) is 4.60 Å². The summed E-state index contributed by atoms with van der Waals surface area (Å²) in [5, 5.41) is 3.41. The average Bonchev–Trinajstić information content (AvgIpc) is 2.33. The Morgan fingerprint density at radius 3 is 2.59 bits per heavy atom. The minimum absolute atomic E-state index is 0.878. The Morgan fingerprint density at radius 1 is 1.12 bits per heavy atom. The molecule has 0 saturated heterocycles. The summed E-state index contributed by atoms with van der Waals surface area (Å²) < 4.78 is 0.878. The molecule has 2 aromatic rings. The van der Waals surface area contributed by atoms with Crippen molar-refractivity contribution in [1.29, 1.82) is 0 Å². The van der Waals surface area contributed by atoms with Crippen LogP contribution in [0.4, 0.5) is 5.69 Å². The number of nitrogens with one attached hydrogen (secondary N) is 1. The minimum atomic E-state index is 0.878. The number of halogens is 1. The van der Waals surface area contributed by atoms with E-state index in [-0.39, 0.29) is 0 Å². The van der Waals surface area contributed by atoms with E-state index in [0.717, 1.165) is 29.0 Å². The molecule has 2 nitrogen and oxygen atoms in total. The first kappa shape index (κ1) is 12.1. The third-order valence-corrected chi connectivity index (χ3v) is 3.07. The van der Waals surface area contributed by atoms with Crippen molar-refractivity contribution >= 4 is 21.6 Å². The number of hydrogen-bond acceptors (Lipinski definition) is 2. The summed E-state index contributed by atoms with van der Waals surface area (Å²) in [6.45, 7) is 2.93. The Kier molecular flexibility index (Phi) is 4.15. The molecule has 0 aliphatic heterocycles. The molecule has 0 fully saturated rings. The first-order chi connectivity index (χ1) is 8.25. The van der Waals surface area contributed by atoms with Crippen LogP contribution in [0.3, 0.4) is 0 Å². The maximum atomic E-state index is 4.35. The van der Waals surface area contributed by atoms with Gasteiger partial charge in [0.2, 0.25) is 0 Å². The number of pyridine rings is 1. The fourth-order valence-electron chi connectivity index (χ4n) is 1.70. The van der Waals surface area contributed by atoms with Gasteiger partial charge in [-0.2, -0.15) is 0 Å². The van der Waals surface area contributed by atoms with Crippen molar-refractivity contribution < 1.29 is 0 Å². The lowest BCUT2D eigenvalue weighted by Gasteiger charge is -2.09. The van der Waals surface area contributed by atoms with E-state index >= 15 is 0 Å². The normalized spacial score (nSPS) is 10.2. The van der Waals surface area contributed by atoms with Crippen LogP contribution in [0.15, 0.2) is 47.1 Å². The van der Waals surface area contributed by atoms with Crippen molar-refractivity contribution in [3.8, 4) is 0 Å². The van der Waals surface area contributed by atoms with Crippen LogP contribution in [0.1, 0.15) is 11.3 Å². The summed E-state index contributed by atoms with van der Waals surface area (Å²) in [6, 6.07) is 14.5. The molecule has 0 aliphatic rings. The van der Waals surface area contributed by atoms with E-state index in [4.69, 9.17) is 0 Å². The quantitative estimate of drug-likeness (QED) is 0.866. The number of nitrogens with zero attached hydrogens (tertiary/aromatic N) is 1. The van der Waals surface area contributed by atoms with Gasteiger partial charge in [-0.25, -0.2) is 4.98 Å². The Labute approximate surface area is 110 Å². The SMILES string of the molecule is Cc1nc(Br)ccc1NCCc1ccccc1. The van der Waals surface area contributed by atoms with Crippen molar-refractivity contribution in [2.75, 3.05) is 11.9 Å². The highest BCUT2D eigenvalue weighted by Crippen LogP contribution is 2.16. The molecule has 0 radical (unpaired) electrons. The second kappa shape index (κ2) is 5.82. The van der Waals surface area contributed by atoms with Gasteiger partial charge < -0.3 is 5.32 Å². The molecular weight excluding hydrogens is 276 g/mol. The number of benzene rings is 1. The van der Waals surface area contributed by atoms with Gasteiger partial charge in [-0.1, -0.05) is 30.3 Å². The molecule has 2 rings (SSSR count). The van der Waals surface area contributed by atoms with E-state index in [1.54, 1.807) is 0 Å². The largest absolute Gasteiger partial charge is 0.383 e. The van der Waals surface area contributed by atoms with Gasteiger partial charge in [0.05, 0.1) is 11.4 Å². The van der Waals surface area contributed by atoms with Crippen LogP contribution in [0.25, 0.3) is 0 Å². The van der Waals surface area contributed by atoms with E-state index in [2.05, 4.69) is 56.6 Å². The van der Waals surface area contributed by atoms with Crippen LogP contribution in [0, 0.1) is 6.92 Å². The number of aryl methyl sites for hydroxylation is 1. The maximum Gasteiger partial charge on any atom is 0.106 e. The Morgan fingerprint density at radius 2 is 1.88 bits per heavy atom. The molecule has 0 bridgehead atoms. The molecule has 3 heteroatoms. The van der Waals surface area contributed by atoms with Crippen LogP contribution in [0.2, 0.25) is 0 Å². The predicted molar refractivity (Wildman–Crippen MR) is 75.3 cm³/mol. The fraction of sp³-hybridized carbons (Fsp3) is 0.214. The Balaban J connectivity index is 1.90. The van der Waals surface area contributed by atoms with Crippen LogP contribution in [-0.4, -0.2) is 11.5 Å². The summed E-state index contributed by atoms with van der Waals surface area (Å²) in [5.41, 5.74) is 3.47. The van der Waals surface area contributed by atoms with Crippen molar-refractivity contribution in [3.05, 3.63) is 58.3 Å². The third-order valence-electron chi connectivity index (χ3n) is 2.62. The van der Waals surface area contributed by atoms with Crippen LogP contribution < -0.4 is 5.32 Å². The lowest BCUT2D eigenvalue weighted by molar-refractivity contribution is 1.01. The minimum Gasteiger partial charge on any atom is -0.383 e. The summed E-state index contributed by atoms with van der Waals surface area (Å²) in [6.07, 6.45) is 1.02. The van der Waals surface area contributed by atoms with Crippen LogP contribution in [0.5, 0.6) is 0 Å². The predicted octanol–water partition coefficient (Wildman–Crippen LogP) is 3.81. The monoisotopic (exact) mass is 290 g/mol. The van der Waals surface area contributed by atoms with Crippen LogP contribution in [-0.2, 0) is 6.42 Å². The van der Waals surface area contributed by atoms with E-state index in [0.29, 0.717) is 0 Å². The topological polar surface area (TPSA) is 24.9 Å². The first-order valence-electron chi connectivity index (χ1n) is 5.66. The van der Waals surface area contributed by atoms with Crippen molar-refractivity contribution in [3.63, 3.8) is 0 Å². The van der Waals surface area contributed by atoms with Gasteiger partial charge in [-0.05, 0) is 47.0 Å². The highest BCUT2D eigenvalue weighted by Gasteiger charge is 1.99. The highest BCUT2D eigenvalue weighted by molar-refractivity contribution is 9.10. The molecule has 0 unspecified atom stereocenters. The number of aromatic nitrogens is 1. The van der Waals surface area contributed by atoms with Gasteiger partial charge in [0.15, 0.2) is 0 Å². The van der Waals surface area contributed by atoms with Crippen LogP contribution >= 0.6 is 15.9 Å². The zero-order valence-electron chi connectivity index (χ0n) is 9.78. The van der Waals surface area contributed by atoms with Gasteiger partial charge in [-0.15, -0.1) is 0 Å². The summed E-state index contributed by atoms with van der Waals surface area (Å²) in [7, 11) is 0. The molecule has 17 heavy (non-hydrogen) atoms. The molecule has 1 N–H and O–H groups in total. The first-order valence-corrected chi connectivity index (χ1v) is 6.46. The molecule has 0 saturated carbocycles. The maximum absolute atomic E-state index is 4.35. The van der Waals surface area contributed by atoms with E-state index < -0.39 is 0 Å². The smallest absolute Gasteiger partial charge is 0.106 e. The highest BCUT2D eigenvalue weighted by atomic mass is 79.9. The fourth-order valence-corrected chi connectivity index (χ4v) is 2.10. The van der Waals surface area contributed by atoms with E-state index in [1.165, 1.54) is 5.56 Å². The molecule has 1 heterocycles. The zero-order valence-corrected chi connectivity index (χ0v) is 11.4. The molecule has 0 spiro atoms. The summed E-state index contributed by atoms with van der Waals surface area (Å²) >= 11 is 3.36. The van der Waals surface area contributed by atoms with Gasteiger partial charge >= 0.3 is 0 Å². The third kappa shape index (κ3) is 3.56. The molecule has 0 aliphatic carbocycles. The second-order valence-electron chi connectivity index (χ2n) is 3.93. The van der Waals surface area contributed by atoms with E-state index in [1.807, 2.05) is 19.1 Å². The summed E-state index contributed by atoms with van der Waals surface area (Å²) in [5.74, 6) is 0. The molecular formula is C14H15BrN2. The molecule has 0 amide bonds. The lowest BCUT2D eigenvalue weighted by atomic mass is 10.1. The van der Waals surface area contributed by atoms with Gasteiger partial charge in [0.25, 0.3) is 0 Å². The van der Waals surface area contributed by atoms with Crippen molar-refractivity contribution in [2.24, 2.45) is 0 Å². The van der Waals surface area contributed by atoms with Gasteiger partial charge in [-0.3, -0.25) is 0 Å². The van der Waals surface area contributed by atoms with E-state index in [9.17, 15) is 0 Å². The van der Waals surface area contributed by atoms with Crippen molar-refractivity contribution in [1.82, 2.24) is 4.98 Å². The Hall–Kier alpha value is -1.35. The second-order valence-corrected chi connectivity index (χ2v) is 4.74. The summed E-state index contributed by atoms with van der Waals surface area (Å²) in [4.78, 5) is 4.35. The standard InChI is InChI=1S/C14H15BrN2/c1-11-13(7-8-14(15)17-11)16-10-9-12-5-3-2-4-6-12/h2-8,16H,9-10H2,1H3. The van der Waals surface area contributed by atoms with Gasteiger partial charge in [0, 0.05) is 6.54 Å². The number of hydrogen-bond donors (Lipinski definition) is 1. The molecule has 88 valence electrons. The van der Waals surface area contributed by atoms with Crippen molar-refractivity contribution in [2.45, 2.75) is 13.3 Å². The lowest BCUT2D eigenvalue weighted by Crippen LogP contribution is -2.06. The molecule has 1 aromatic heterocycles. The zero-order chi connectivity index (χ0) is 12.1. The Bertz CT molecular complexity index is 483. The number of anilines is 1. The number of rotatable bonds is 4. The average molecular weight is 291 g/mol. The molecule has 1 aromatic carbocycles. The molecule has 0 atom stereocenters.